The Hall–Kier alpha value is -0.890. The van der Waals surface area contributed by atoms with Crippen molar-refractivity contribution in [2.24, 2.45) is 5.92 Å². The van der Waals surface area contributed by atoms with Crippen LogP contribution in [0.5, 0.6) is 0 Å². The smallest absolute Gasteiger partial charge is 0.288 e. The van der Waals surface area contributed by atoms with Gasteiger partial charge < -0.3 is 15.7 Å². The van der Waals surface area contributed by atoms with Gasteiger partial charge in [-0.2, -0.15) is 8.78 Å². The first-order chi connectivity index (χ1) is 9.58. The van der Waals surface area contributed by atoms with Crippen molar-refractivity contribution in [3.05, 3.63) is 29.8 Å². The van der Waals surface area contributed by atoms with Crippen LogP contribution in [-0.2, 0) is 0 Å². The third-order valence-electron chi connectivity index (χ3n) is 3.18. The molecule has 1 amide bonds. The van der Waals surface area contributed by atoms with Gasteiger partial charge in [0.15, 0.2) is 0 Å². The molecule has 1 aliphatic rings. The van der Waals surface area contributed by atoms with Crippen molar-refractivity contribution < 1.29 is 18.7 Å². The summed E-state index contributed by atoms with van der Waals surface area (Å²) in [6.45, 7) is 1.47. The summed E-state index contributed by atoms with van der Waals surface area (Å²) >= 11 is 0.356. The Labute approximate surface area is 132 Å². The quantitative estimate of drug-likeness (QED) is 0.716. The number of nitrogens with one attached hydrogen (secondary N) is 2. The van der Waals surface area contributed by atoms with E-state index in [0.717, 1.165) is 0 Å². The third kappa shape index (κ3) is 5.10. The lowest BCUT2D eigenvalue weighted by molar-refractivity contribution is 0.0924. The zero-order valence-electron chi connectivity index (χ0n) is 11.1. The number of hydrogen-bond donors (Lipinski definition) is 3. The first kappa shape index (κ1) is 18.2. The third-order valence-corrected chi connectivity index (χ3v) is 3.96. The molecule has 2 atom stereocenters. The second-order valence-corrected chi connectivity index (χ2v) is 5.60. The molecule has 118 valence electrons. The number of carbonyl (C=O) groups excluding carboxylic acids is 1. The van der Waals surface area contributed by atoms with E-state index in [2.05, 4.69) is 10.6 Å². The molecule has 0 spiro atoms. The molecule has 0 bridgehead atoms. The molecule has 1 fully saturated rings. The minimum absolute atomic E-state index is 0. The standard InChI is InChI=1S/C13H16F2N2O2S.ClH/c14-13(15)20-11-4-2-1-3-9(11)12(19)17-6-8-5-16-7-10(8)18;/h1-4,8,10,13,16,18H,5-7H2,(H,17,19);1H. The van der Waals surface area contributed by atoms with Crippen molar-refractivity contribution >= 4 is 30.1 Å². The molecule has 1 aliphatic heterocycles. The summed E-state index contributed by atoms with van der Waals surface area (Å²) in [7, 11) is 0. The highest BCUT2D eigenvalue weighted by atomic mass is 35.5. The predicted octanol–water partition coefficient (Wildman–Crippen LogP) is 1.73. The molecule has 0 saturated carbocycles. The van der Waals surface area contributed by atoms with Crippen LogP contribution < -0.4 is 10.6 Å². The average molecular weight is 339 g/mol. The fourth-order valence-electron chi connectivity index (χ4n) is 2.10. The number of benzene rings is 1. The summed E-state index contributed by atoms with van der Waals surface area (Å²) in [5.74, 6) is -3.01. The number of aliphatic hydroxyl groups excluding tert-OH is 1. The number of alkyl halides is 2. The van der Waals surface area contributed by atoms with Crippen LogP contribution in [0, 0.1) is 5.92 Å². The van der Waals surface area contributed by atoms with E-state index in [9.17, 15) is 18.7 Å². The maximum Gasteiger partial charge on any atom is 0.288 e. The summed E-state index contributed by atoms with van der Waals surface area (Å²) < 4.78 is 24.9. The van der Waals surface area contributed by atoms with Crippen molar-refractivity contribution in [3.8, 4) is 0 Å². The molecular formula is C13H17ClF2N2O2S. The predicted molar refractivity (Wildman–Crippen MR) is 80.3 cm³/mol. The van der Waals surface area contributed by atoms with E-state index < -0.39 is 17.8 Å². The van der Waals surface area contributed by atoms with Gasteiger partial charge >= 0.3 is 0 Å². The Kier molecular flexibility index (Phi) is 7.37. The highest BCUT2D eigenvalue weighted by molar-refractivity contribution is 7.99. The zero-order valence-corrected chi connectivity index (χ0v) is 12.7. The molecule has 1 saturated heterocycles. The molecule has 3 N–H and O–H groups in total. The minimum Gasteiger partial charge on any atom is -0.391 e. The molecule has 1 aromatic rings. The number of amides is 1. The van der Waals surface area contributed by atoms with E-state index in [4.69, 9.17) is 0 Å². The van der Waals surface area contributed by atoms with Crippen LogP contribution in [0.1, 0.15) is 10.4 Å². The Morgan fingerprint density at radius 1 is 1.43 bits per heavy atom. The number of halogens is 3. The fraction of sp³-hybridized carbons (Fsp3) is 0.462. The number of carbonyl (C=O) groups is 1. The highest BCUT2D eigenvalue weighted by Gasteiger charge is 2.25. The molecule has 0 aliphatic carbocycles. The lowest BCUT2D eigenvalue weighted by Gasteiger charge is -2.15. The zero-order chi connectivity index (χ0) is 14.5. The van der Waals surface area contributed by atoms with E-state index >= 15 is 0 Å². The van der Waals surface area contributed by atoms with Crippen molar-refractivity contribution in [3.63, 3.8) is 0 Å². The summed E-state index contributed by atoms with van der Waals surface area (Å²) in [6.07, 6.45) is -0.485. The van der Waals surface area contributed by atoms with Crippen molar-refractivity contribution in [2.45, 2.75) is 16.8 Å². The number of thioether (sulfide) groups is 1. The Bertz CT molecular complexity index is 479. The van der Waals surface area contributed by atoms with Crippen LogP contribution >= 0.6 is 24.2 Å². The fourth-order valence-corrected chi connectivity index (χ4v) is 2.74. The SMILES string of the molecule is Cl.O=C(NCC1CNCC1O)c1ccccc1SC(F)F. The van der Waals surface area contributed by atoms with Gasteiger partial charge in [0, 0.05) is 30.4 Å². The number of hydrogen-bond acceptors (Lipinski definition) is 4. The monoisotopic (exact) mass is 338 g/mol. The van der Waals surface area contributed by atoms with Gasteiger partial charge in [0.2, 0.25) is 0 Å². The van der Waals surface area contributed by atoms with Crippen LogP contribution in [0.3, 0.4) is 0 Å². The van der Waals surface area contributed by atoms with Gasteiger partial charge in [0.1, 0.15) is 0 Å². The van der Waals surface area contributed by atoms with Crippen molar-refractivity contribution in [1.29, 1.82) is 0 Å². The highest BCUT2D eigenvalue weighted by Crippen LogP contribution is 2.28. The first-order valence-electron chi connectivity index (χ1n) is 6.28. The molecule has 0 radical (unpaired) electrons. The van der Waals surface area contributed by atoms with Gasteiger partial charge in [-0.3, -0.25) is 4.79 Å². The molecule has 4 nitrogen and oxygen atoms in total. The van der Waals surface area contributed by atoms with Gasteiger partial charge in [-0.15, -0.1) is 12.4 Å². The van der Waals surface area contributed by atoms with E-state index in [1.807, 2.05) is 0 Å². The van der Waals surface area contributed by atoms with Gasteiger partial charge in [0.25, 0.3) is 11.7 Å². The Morgan fingerprint density at radius 2 is 2.14 bits per heavy atom. The summed E-state index contributed by atoms with van der Waals surface area (Å²) in [4.78, 5) is 12.3. The van der Waals surface area contributed by atoms with Crippen LogP contribution in [0.2, 0.25) is 0 Å². The maximum atomic E-state index is 12.4. The minimum atomic E-state index is -2.56. The van der Waals surface area contributed by atoms with E-state index in [1.165, 1.54) is 12.1 Å². The second-order valence-electron chi connectivity index (χ2n) is 4.57. The van der Waals surface area contributed by atoms with Crippen LogP contribution in [-0.4, -0.2) is 42.5 Å². The molecule has 21 heavy (non-hydrogen) atoms. The topological polar surface area (TPSA) is 61.4 Å². The maximum absolute atomic E-state index is 12.4. The molecular weight excluding hydrogens is 322 g/mol. The lowest BCUT2D eigenvalue weighted by atomic mass is 10.1. The molecule has 1 heterocycles. The van der Waals surface area contributed by atoms with E-state index in [1.54, 1.807) is 12.1 Å². The van der Waals surface area contributed by atoms with Gasteiger partial charge in [-0.25, -0.2) is 0 Å². The summed E-state index contributed by atoms with van der Waals surface area (Å²) in [5.41, 5.74) is 0.234. The van der Waals surface area contributed by atoms with Gasteiger partial charge in [-0.1, -0.05) is 23.9 Å². The largest absolute Gasteiger partial charge is 0.391 e. The molecule has 8 heteroatoms. The van der Waals surface area contributed by atoms with Crippen LogP contribution in [0.4, 0.5) is 8.78 Å². The lowest BCUT2D eigenvalue weighted by Crippen LogP contribution is -2.34. The Balaban J connectivity index is 0.00000220. The van der Waals surface area contributed by atoms with E-state index in [0.29, 0.717) is 31.4 Å². The van der Waals surface area contributed by atoms with Crippen LogP contribution in [0.25, 0.3) is 0 Å². The van der Waals surface area contributed by atoms with Crippen molar-refractivity contribution in [2.75, 3.05) is 19.6 Å². The summed E-state index contributed by atoms with van der Waals surface area (Å²) in [6, 6.07) is 6.27. The summed E-state index contributed by atoms with van der Waals surface area (Å²) in [5, 5.41) is 15.3. The normalized spacial score (nSPS) is 21.1. The second kappa shape index (κ2) is 8.53. The Morgan fingerprint density at radius 3 is 2.76 bits per heavy atom. The van der Waals surface area contributed by atoms with E-state index in [-0.39, 0.29) is 28.8 Å². The molecule has 0 aromatic heterocycles. The van der Waals surface area contributed by atoms with Gasteiger partial charge in [0.05, 0.1) is 11.7 Å². The average Bonchev–Trinajstić information content (AvgIpc) is 2.81. The van der Waals surface area contributed by atoms with Gasteiger partial charge in [-0.05, 0) is 12.1 Å². The molecule has 2 rings (SSSR count). The van der Waals surface area contributed by atoms with Crippen molar-refractivity contribution in [1.82, 2.24) is 10.6 Å². The first-order valence-corrected chi connectivity index (χ1v) is 7.16. The number of rotatable bonds is 5. The molecule has 2 unspecified atom stereocenters. The number of aliphatic hydroxyl groups is 1. The number of β-amino-alcohol motifs (C(OH)–C–C–N with tert-alkyl or cyclic N) is 1. The van der Waals surface area contributed by atoms with Crippen LogP contribution in [0.15, 0.2) is 29.2 Å². The molecule has 1 aromatic carbocycles.